The highest BCUT2D eigenvalue weighted by Gasteiger charge is 2.39. The van der Waals surface area contributed by atoms with E-state index in [1.165, 1.54) is 0 Å². The summed E-state index contributed by atoms with van der Waals surface area (Å²) in [4.78, 5) is 25.0. The zero-order valence-electron chi connectivity index (χ0n) is 15.4. The van der Waals surface area contributed by atoms with Crippen molar-refractivity contribution >= 4 is 28.3 Å². The summed E-state index contributed by atoms with van der Waals surface area (Å²) in [6.45, 7) is 15.5. The number of rotatable bonds is 8. The highest BCUT2D eigenvalue weighted by molar-refractivity contribution is 6.76. The van der Waals surface area contributed by atoms with Crippen LogP contribution in [-0.2, 0) is 9.47 Å². The number of hydrogen-bond acceptors (Lipinski definition) is 4. The third kappa shape index (κ3) is 9.65. The second kappa shape index (κ2) is 8.18. The van der Waals surface area contributed by atoms with Gasteiger partial charge < -0.3 is 14.8 Å². The topological polar surface area (TPSA) is 67.6 Å². The molecule has 1 N–H and O–H groups in total. The van der Waals surface area contributed by atoms with Gasteiger partial charge in [0.15, 0.2) is 0 Å². The molecule has 0 spiro atoms. The van der Waals surface area contributed by atoms with Crippen LogP contribution in [0.2, 0.25) is 51.4 Å². The van der Waals surface area contributed by atoms with Crippen molar-refractivity contribution in [1.82, 2.24) is 10.2 Å². The van der Waals surface area contributed by atoms with Gasteiger partial charge in [0.2, 0.25) is 0 Å². The van der Waals surface area contributed by atoms with E-state index in [2.05, 4.69) is 44.6 Å². The first-order chi connectivity index (χ1) is 10.5. The fourth-order valence-corrected chi connectivity index (χ4v) is 3.24. The van der Waals surface area contributed by atoms with E-state index < -0.39 is 22.2 Å². The molecule has 1 rings (SSSR count). The second-order valence-corrected chi connectivity index (χ2v) is 19.8. The largest absolute Gasteiger partial charge is 0.450 e. The molecule has 23 heavy (non-hydrogen) atoms. The van der Waals surface area contributed by atoms with E-state index in [9.17, 15) is 9.59 Å². The van der Waals surface area contributed by atoms with Gasteiger partial charge >= 0.3 is 12.2 Å². The van der Waals surface area contributed by atoms with E-state index in [0.29, 0.717) is 26.3 Å². The van der Waals surface area contributed by atoms with E-state index in [1.54, 1.807) is 4.90 Å². The summed E-state index contributed by atoms with van der Waals surface area (Å²) in [5, 5.41) is 2.71. The Morgan fingerprint density at radius 3 is 2.04 bits per heavy atom. The predicted octanol–water partition coefficient (Wildman–Crippen LogP) is 3.21. The van der Waals surface area contributed by atoms with Gasteiger partial charge in [-0.15, -0.1) is 0 Å². The first-order valence-corrected chi connectivity index (χ1v) is 15.7. The molecular formula is C15H32N2O4Si2. The molecule has 0 saturated carbocycles. The van der Waals surface area contributed by atoms with Crippen molar-refractivity contribution in [1.29, 1.82) is 0 Å². The van der Waals surface area contributed by atoms with Gasteiger partial charge in [0, 0.05) is 29.2 Å². The lowest BCUT2D eigenvalue weighted by molar-refractivity contribution is 0.132. The van der Waals surface area contributed by atoms with E-state index in [1.807, 2.05) is 0 Å². The molecule has 2 amide bonds. The van der Waals surface area contributed by atoms with Crippen LogP contribution in [0.25, 0.3) is 0 Å². The Hall–Kier alpha value is -1.03. The molecule has 1 heterocycles. The Kier molecular flexibility index (Phi) is 7.12. The van der Waals surface area contributed by atoms with Gasteiger partial charge in [-0.2, -0.15) is 0 Å². The van der Waals surface area contributed by atoms with E-state index in [-0.39, 0.29) is 12.1 Å². The minimum Gasteiger partial charge on any atom is -0.450 e. The van der Waals surface area contributed by atoms with Crippen molar-refractivity contribution in [3.63, 3.8) is 0 Å². The number of alkyl carbamates (subject to hydrolysis) is 1. The summed E-state index contributed by atoms with van der Waals surface area (Å²) in [7, 11) is -2.36. The smallest absolute Gasteiger partial charge is 0.410 e. The average Bonchev–Trinajstić information content (AvgIpc) is 3.12. The molecule has 0 bridgehead atoms. The fraction of sp³-hybridized carbons (Fsp3) is 0.867. The molecule has 1 saturated heterocycles. The lowest BCUT2D eigenvalue weighted by Gasteiger charge is -2.16. The van der Waals surface area contributed by atoms with Gasteiger partial charge in [-0.1, -0.05) is 39.3 Å². The molecule has 0 aromatic carbocycles. The molecule has 1 aliphatic rings. The predicted molar refractivity (Wildman–Crippen MR) is 97.5 cm³/mol. The maximum absolute atomic E-state index is 11.8. The van der Waals surface area contributed by atoms with Crippen molar-refractivity contribution in [2.75, 3.05) is 26.3 Å². The maximum atomic E-state index is 11.8. The van der Waals surface area contributed by atoms with Gasteiger partial charge in [-0.05, 0) is 12.1 Å². The minimum absolute atomic E-state index is 0.0407. The summed E-state index contributed by atoms with van der Waals surface area (Å²) in [5.41, 5.74) is 0. The molecule has 1 unspecified atom stereocenters. The number of ether oxygens (including phenoxy) is 2. The van der Waals surface area contributed by atoms with Gasteiger partial charge in [0.25, 0.3) is 0 Å². The third-order valence-electron chi connectivity index (χ3n) is 3.59. The Morgan fingerprint density at radius 1 is 1.00 bits per heavy atom. The maximum Gasteiger partial charge on any atom is 0.410 e. The van der Waals surface area contributed by atoms with Gasteiger partial charge in [0.05, 0.1) is 19.3 Å². The van der Waals surface area contributed by atoms with Crippen LogP contribution in [0.15, 0.2) is 0 Å². The molecular weight excluding hydrogens is 328 g/mol. The van der Waals surface area contributed by atoms with Crippen molar-refractivity contribution in [2.24, 2.45) is 0 Å². The number of carbonyl (C=O) groups is 2. The van der Waals surface area contributed by atoms with Crippen LogP contribution in [0.1, 0.15) is 0 Å². The Balaban J connectivity index is 2.10. The first-order valence-electron chi connectivity index (χ1n) is 8.32. The van der Waals surface area contributed by atoms with E-state index in [0.717, 1.165) is 12.1 Å². The Morgan fingerprint density at radius 2 is 1.52 bits per heavy atom. The normalized spacial score (nSPS) is 17.7. The summed E-state index contributed by atoms with van der Waals surface area (Å²) in [6, 6.07) is 1.97. The molecule has 0 aliphatic carbocycles. The summed E-state index contributed by atoms with van der Waals surface area (Å²) < 4.78 is 10.4. The lowest BCUT2D eigenvalue weighted by atomic mass is 10.5. The average molecular weight is 361 g/mol. The Bertz CT molecular complexity index is 419. The van der Waals surface area contributed by atoms with Crippen LogP contribution < -0.4 is 5.32 Å². The molecule has 0 aromatic rings. The van der Waals surface area contributed by atoms with Crippen LogP contribution in [0, 0.1) is 0 Å². The molecule has 0 radical (unpaired) electrons. The summed E-state index contributed by atoms with van der Waals surface area (Å²) in [6.07, 6.45) is -0.677. The van der Waals surface area contributed by atoms with E-state index >= 15 is 0 Å². The number of nitrogens with one attached hydrogen (secondary N) is 1. The molecule has 1 atom stereocenters. The van der Waals surface area contributed by atoms with Gasteiger partial charge in [0.1, 0.15) is 0 Å². The number of hydrogen-bond donors (Lipinski definition) is 1. The van der Waals surface area contributed by atoms with Crippen LogP contribution >= 0.6 is 0 Å². The summed E-state index contributed by atoms with van der Waals surface area (Å²) in [5.74, 6) is 0. The number of carbonyl (C=O) groups excluding carboxylic acids is 2. The standard InChI is InChI=1S/C15H32N2O4Si2/c1-22(2,3)9-7-20-14(18)16-11-13-12-17(13)15(19)21-8-10-23(4,5)6/h13H,7-12H2,1-6H3,(H,16,18). The van der Waals surface area contributed by atoms with Crippen molar-refractivity contribution in [3.8, 4) is 0 Å². The molecule has 8 heteroatoms. The zero-order chi connectivity index (χ0) is 17.7. The highest BCUT2D eigenvalue weighted by Crippen LogP contribution is 2.18. The highest BCUT2D eigenvalue weighted by atomic mass is 28.3. The summed E-state index contributed by atoms with van der Waals surface area (Å²) >= 11 is 0. The van der Waals surface area contributed by atoms with Gasteiger partial charge in [-0.25, -0.2) is 9.59 Å². The molecule has 0 aromatic heterocycles. The molecule has 1 aliphatic heterocycles. The molecule has 134 valence electrons. The van der Waals surface area contributed by atoms with Crippen LogP contribution in [-0.4, -0.2) is 65.6 Å². The van der Waals surface area contributed by atoms with Crippen molar-refractivity contribution < 1.29 is 19.1 Å². The number of nitrogens with zero attached hydrogens (tertiary/aromatic N) is 1. The Labute approximate surface area is 141 Å². The van der Waals surface area contributed by atoms with Crippen LogP contribution in [0.5, 0.6) is 0 Å². The molecule has 6 nitrogen and oxygen atoms in total. The van der Waals surface area contributed by atoms with Crippen LogP contribution in [0.4, 0.5) is 9.59 Å². The van der Waals surface area contributed by atoms with E-state index in [4.69, 9.17) is 9.47 Å². The van der Waals surface area contributed by atoms with Crippen molar-refractivity contribution in [3.05, 3.63) is 0 Å². The monoisotopic (exact) mass is 360 g/mol. The SMILES string of the molecule is C[Si](C)(C)CCOC(=O)NCC1CN1C(=O)OCC[Si](C)(C)C. The lowest BCUT2D eigenvalue weighted by Crippen LogP contribution is -2.32. The van der Waals surface area contributed by atoms with Crippen LogP contribution in [0.3, 0.4) is 0 Å². The first kappa shape index (κ1) is 20.0. The second-order valence-electron chi connectivity index (χ2n) is 8.56. The fourth-order valence-electron chi connectivity index (χ4n) is 1.81. The minimum atomic E-state index is -1.18. The molecule has 1 fully saturated rings. The zero-order valence-corrected chi connectivity index (χ0v) is 17.4. The quantitative estimate of drug-likeness (QED) is 0.533. The van der Waals surface area contributed by atoms with Gasteiger partial charge in [-0.3, -0.25) is 4.90 Å². The third-order valence-corrected chi connectivity index (χ3v) is 7.00. The number of amides is 2. The van der Waals surface area contributed by atoms with Crippen molar-refractivity contribution in [2.45, 2.75) is 57.4 Å².